The molecule has 108 valence electrons. The minimum absolute atomic E-state index is 0.0000550. The van der Waals surface area contributed by atoms with Crippen LogP contribution in [0, 0.1) is 11.3 Å². The van der Waals surface area contributed by atoms with E-state index in [0.717, 1.165) is 0 Å². The van der Waals surface area contributed by atoms with Crippen LogP contribution in [0.3, 0.4) is 0 Å². The van der Waals surface area contributed by atoms with Gasteiger partial charge in [0.2, 0.25) is 0 Å². The Morgan fingerprint density at radius 2 is 1.47 bits per heavy atom. The fourth-order valence-electron chi connectivity index (χ4n) is 0.932. The van der Waals surface area contributed by atoms with Crippen molar-refractivity contribution in [3.63, 3.8) is 0 Å². The van der Waals surface area contributed by atoms with E-state index in [1.807, 2.05) is 0 Å². The van der Waals surface area contributed by atoms with Crippen molar-refractivity contribution in [1.29, 1.82) is 5.26 Å². The fraction of sp³-hybridized carbons (Fsp3) is 0.667. The van der Waals surface area contributed by atoms with Gasteiger partial charge in [-0.15, -0.1) is 0 Å². The highest BCUT2D eigenvalue weighted by molar-refractivity contribution is 5.91. The van der Waals surface area contributed by atoms with Gasteiger partial charge in [0.1, 0.15) is 18.2 Å². The molecule has 1 N–H and O–H groups in total. The Morgan fingerprint density at radius 1 is 1.00 bits per heavy atom. The van der Waals surface area contributed by atoms with Gasteiger partial charge < -0.3 is 24.1 Å². The third-order valence-corrected chi connectivity index (χ3v) is 1.82. The molecule has 7 nitrogen and oxygen atoms in total. The van der Waals surface area contributed by atoms with Crippen LogP contribution < -0.4 is 0 Å². The molecule has 7 heteroatoms. The molecular formula is C12H19NO6. The van der Waals surface area contributed by atoms with E-state index in [4.69, 9.17) is 29.3 Å². The number of ether oxygens (including phenoxy) is 4. The van der Waals surface area contributed by atoms with Crippen molar-refractivity contribution in [3.05, 3.63) is 12.2 Å². The lowest BCUT2D eigenvalue weighted by atomic mass is 10.3. The first-order valence-corrected chi connectivity index (χ1v) is 5.82. The Balaban J connectivity index is 3.17. The molecule has 0 aromatic heterocycles. The highest BCUT2D eigenvalue weighted by atomic mass is 16.6. The molecule has 0 aliphatic heterocycles. The number of nitrogens with zero attached hydrogens (tertiary/aromatic N) is 1. The van der Waals surface area contributed by atoms with E-state index in [-0.39, 0.29) is 25.4 Å². The lowest BCUT2D eigenvalue weighted by Crippen LogP contribution is -2.14. The number of carbonyl (C=O) groups is 1. The molecule has 19 heavy (non-hydrogen) atoms. The van der Waals surface area contributed by atoms with Gasteiger partial charge in [-0.1, -0.05) is 6.58 Å². The molecule has 0 aromatic carbocycles. The first kappa shape index (κ1) is 17.5. The topological polar surface area (TPSA) is 98.0 Å². The molecule has 0 radical (unpaired) electrons. The minimum Gasteiger partial charge on any atom is -0.459 e. The van der Waals surface area contributed by atoms with Crippen molar-refractivity contribution >= 4 is 5.97 Å². The zero-order valence-electron chi connectivity index (χ0n) is 10.8. The Labute approximate surface area is 112 Å². The second kappa shape index (κ2) is 13.0. The summed E-state index contributed by atoms with van der Waals surface area (Å²) in [7, 11) is 0. The van der Waals surface area contributed by atoms with E-state index < -0.39 is 5.97 Å². The molecule has 0 aliphatic carbocycles. The maximum absolute atomic E-state index is 11.0. The SMILES string of the molecule is C=C(C#N)C(=O)OCCOCCOCCOCCO. The number of aliphatic hydroxyl groups is 1. The summed E-state index contributed by atoms with van der Waals surface area (Å²) in [5, 5.41) is 16.8. The van der Waals surface area contributed by atoms with Crippen molar-refractivity contribution in [1.82, 2.24) is 0 Å². The van der Waals surface area contributed by atoms with E-state index >= 15 is 0 Å². The summed E-state index contributed by atoms with van der Waals surface area (Å²) < 4.78 is 20.0. The second-order valence-corrected chi connectivity index (χ2v) is 3.29. The van der Waals surface area contributed by atoms with Gasteiger partial charge in [0.25, 0.3) is 0 Å². The maximum Gasteiger partial charge on any atom is 0.348 e. The van der Waals surface area contributed by atoms with Crippen molar-refractivity contribution < 1.29 is 28.8 Å². The van der Waals surface area contributed by atoms with Crippen molar-refractivity contribution in [2.24, 2.45) is 0 Å². The summed E-state index contributed by atoms with van der Waals surface area (Å²) in [4.78, 5) is 11.0. The van der Waals surface area contributed by atoms with Crippen LogP contribution in [0.5, 0.6) is 0 Å². The fourth-order valence-corrected chi connectivity index (χ4v) is 0.932. The van der Waals surface area contributed by atoms with Crippen molar-refractivity contribution in [2.75, 3.05) is 52.9 Å². The van der Waals surface area contributed by atoms with Gasteiger partial charge in [0.05, 0.1) is 46.2 Å². The van der Waals surface area contributed by atoms with Crippen molar-refractivity contribution in [3.8, 4) is 6.07 Å². The predicted octanol–water partition coefficient (Wildman–Crippen LogP) is -0.349. The zero-order chi connectivity index (χ0) is 14.3. The van der Waals surface area contributed by atoms with E-state index in [0.29, 0.717) is 33.0 Å². The molecule has 0 saturated heterocycles. The number of rotatable bonds is 12. The monoisotopic (exact) mass is 273 g/mol. The number of nitriles is 1. The van der Waals surface area contributed by atoms with Gasteiger partial charge in [0.15, 0.2) is 0 Å². The Kier molecular flexibility index (Phi) is 12.0. The Hall–Kier alpha value is -1.46. The lowest BCUT2D eigenvalue weighted by molar-refractivity contribution is -0.140. The summed E-state index contributed by atoms with van der Waals surface area (Å²) in [6.45, 7) is 5.46. The Bertz CT molecular complexity index is 299. The number of hydrogen-bond donors (Lipinski definition) is 1. The van der Waals surface area contributed by atoms with Crippen LogP contribution >= 0.6 is 0 Å². The first-order chi connectivity index (χ1) is 9.22. The first-order valence-electron chi connectivity index (χ1n) is 5.82. The van der Waals surface area contributed by atoms with Crippen LogP contribution in [0.25, 0.3) is 0 Å². The molecule has 0 spiro atoms. The van der Waals surface area contributed by atoms with Gasteiger partial charge in [-0.25, -0.2) is 4.79 Å². The smallest absolute Gasteiger partial charge is 0.348 e. The highest BCUT2D eigenvalue weighted by Gasteiger charge is 2.06. The van der Waals surface area contributed by atoms with Gasteiger partial charge >= 0.3 is 5.97 Å². The number of esters is 1. The molecule has 0 saturated carbocycles. The third kappa shape index (κ3) is 11.4. The Morgan fingerprint density at radius 3 is 1.95 bits per heavy atom. The second-order valence-electron chi connectivity index (χ2n) is 3.29. The van der Waals surface area contributed by atoms with Crippen LogP contribution in [0.1, 0.15) is 0 Å². The average Bonchev–Trinajstić information content (AvgIpc) is 2.43. The third-order valence-electron chi connectivity index (χ3n) is 1.82. The van der Waals surface area contributed by atoms with Crippen molar-refractivity contribution in [2.45, 2.75) is 0 Å². The van der Waals surface area contributed by atoms with Crippen LogP contribution in [-0.4, -0.2) is 63.9 Å². The molecule has 0 aliphatic rings. The van der Waals surface area contributed by atoms with Gasteiger partial charge in [-0.3, -0.25) is 0 Å². The summed E-state index contributed by atoms with van der Waals surface area (Å²) in [6.07, 6.45) is 0. The molecule has 0 fully saturated rings. The highest BCUT2D eigenvalue weighted by Crippen LogP contribution is 1.91. The number of carbonyl (C=O) groups excluding carboxylic acids is 1. The number of aliphatic hydroxyl groups excluding tert-OH is 1. The molecule has 0 unspecified atom stereocenters. The molecular weight excluding hydrogens is 254 g/mol. The largest absolute Gasteiger partial charge is 0.459 e. The number of hydrogen-bond acceptors (Lipinski definition) is 7. The van der Waals surface area contributed by atoms with E-state index in [9.17, 15) is 4.79 Å². The molecule has 0 atom stereocenters. The van der Waals surface area contributed by atoms with E-state index in [1.165, 1.54) is 0 Å². The zero-order valence-corrected chi connectivity index (χ0v) is 10.8. The molecule has 0 rings (SSSR count). The van der Waals surface area contributed by atoms with Crippen LogP contribution in [0.4, 0.5) is 0 Å². The van der Waals surface area contributed by atoms with Gasteiger partial charge in [-0.05, 0) is 0 Å². The molecule has 0 bridgehead atoms. The van der Waals surface area contributed by atoms with Crippen LogP contribution in [0.15, 0.2) is 12.2 Å². The summed E-state index contributed by atoms with van der Waals surface area (Å²) in [5.74, 6) is -0.733. The summed E-state index contributed by atoms with van der Waals surface area (Å²) >= 11 is 0. The van der Waals surface area contributed by atoms with Crippen LogP contribution in [0.2, 0.25) is 0 Å². The van der Waals surface area contributed by atoms with Gasteiger partial charge in [0, 0.05) is 0 Å². The standard InChI is InChI=1S/C12H19NO6/c1-11(10-13)12(15)19-9-8-18-7-6-17-5-4-16-3-2-14/h14H,1-9H2. The lowest BCUT2D eigenvalue weighted by Gasteiger charge is -2.06. The predicted molar refractivity (Wildman–Crippen MR) is 65.3 cm³/mol. The normalized spacial score (nSPS) is 9.89. The minimum atomic E-state index is -0.733. The molecule has 0 heterocycles. The quantitative estimate of drug-likeness (QED) is 0.224. The van der Waals surface area contributed by atoms with Gasteiger partial charge in [-0.2, -0.15) is 5.26 Å². The molecule has 0 aromatic rings. The maximum atomic E-state index is 11.0. The van der Waals surface area contributed by atoms with E-state index in [2.05, 4.69) is 6.58 Å². The van der Waals surface area contributed by atoms with E-state index in [1.54, 1.807) is 6.07 Å². The average molecular weight is 273 g/mol. The summed E-state index contributed by atoms with van der Waals surface area (Å²) in [6, 6.07) is 1.60. The van der Waals surface area contributed by atoms with Crippen LogP contribution in [-0.2, 0) is 23.7 Å². The summed E-state index contributed by atoms with van der Waals surface area (Å²) in [5.41, 5.74) is -0.230. The molecule has 0 amide bonds.